The van der Waals surface area contributed by atoms with Crippen LogP contribution in [0, 0.1) is 0 Å². The van der Waals surface area contributed by atoms with Crippen LogP contribution in [0.15, 0.2) is 24.3 Å². The number of aliphatic carboxylic acids is 1. The number of benzene rings is 1. The molecule has 0 fully saturated rings. The minimum Gasteiger partial charge on any atom is -0.480 e. The average molecular weight is 256 g/mol. The van der Waals surface area contributed by atoms with Crippen LogP contribution >= 0.6 is 11.6 Å². The highest BCUT2D eigenvalue weighted by molar-refractivity contribution is 6.33. The summed E-state index contributed by atoms with van der Waals surface area (Å²) in [4.78, 5) is 22.7. The molecule has 1 amide bonds. The molecule has 0 spiro atoms. The van der Waals surface area contributed by atoms with Crippen molar-refractivity contribution in [3.8, 4) is 0 Å². The van der Waals surface area contributed by atoms with Crippen LogP contribution in [0.25, 0.3) is 0 Å². The highest BCUT2D eigenvalue weighted by Gasteiger charge is 2.20. The number of nitrogens with one attached hydrogen (secondary N) is 1. The molecule has 1 aromatic rings. The van der Waals surface area contributed by atoms with Gasteiger partial charge < -0.3 is 10.4 Å². The Bertz CT molecular complexity index is 420. The van der Waals surface area contributed by atoms with Gasteiger partial charge in [-0.3, -0.25) is 4.79 Å². The number of hydrogen-bond donors (Lipinski definition) is 2. The van der Waals surface area contributed by atoms with Crippen molar-refractivity contribution in [2.75, 3.05) is 0 Å². The number of carbonyl (C=O) groups is 2. The zero-order valence-electron chi connectivity index (χ0n) is 9.44. The number of rotatable bonds is 5. The molecule has 1 atom stereocenters. The van der Waals surface area contributed by atoms with E-state index in [0.717, 1.165) is 0 Å². The molecule has 1 rings (SSSR count). The van der Waals surface area contributed by atoms with Gasteiger partial charge in [0.2, 0.25) is 0 Å². The molecule has 17 heavy (non-hydrogen) atoms. The van der Waals surface area contributed by atoms with Crippen molar-refractivity contribution in [2.24, 2.45) is 0 Å². The van der Waals surface area contributed by atoms with Crippen molar-refractivity contribution in [1.29, 1.82) is 0 Å². The molecular weight excluding hydrogens is 242 g/mol. The molecule has 0 aliphatic heterocycles. The lowest BCUT2D eigenvalue weighted by atomic mass is 10.1. The molecule has 1 aromatic carbocycles. The number of hydrogen-bond acceptors (Lipinski definition) is 2. The largest absolute Gasteiger partial charge is 0.480 e. The first kappa shape index (κ1) is 13.5. The predicted octanol–water partition coefficient (Wildman–Crippen LogP) is 2.32. The first-order valence-corrected chi connectivity index (χ1v) is 5.72. The first-order chi connectivity index (χ1) is 8.06. The van der Waals surface area contributed by atoms with Crippen molar-refractivity contribution >= 4 is 23.5 Å². The van der Waals surface area contributed by atoms with Gasteiger partial charge in [0.15, 0.2) is 0 Å². The van der Waals surface area contributed by atoms with E-state index in [4.69, 9.17) is 16.7 Å². The molecule has 0 aromatic heterocycles. The maximum atomic E-state index is 11.8. The Morgan fingerprint density at radius 2 is 2.06 bits per heavy atom. The van der Waals surface area contributed by atoms with Crippen molar-refractivity contribution in [2.45, 2.75) is 25.8 Å². The topological polar surface area (TPSA) is 66.4 Å². The maximum absolute atomic E-state index is 11.8. The SMILES string of the molecule is CCCC(NC(=O)c1ccccc1Cl)C(=O)O. The third-order valence-electron chi connectivity index (χ3n) is 2.30. The molecule has 0 saturated heterocycles. The Balaban J connectivity index is 2.77. The van der Waals surface area contributed by atoms with E-state index in [-0.39, 0.29) is 5.56 Å². The van der Waals surface area contributed by atoms with Gasteiger partial charge in [0, 0.05) is 0 Å². The fraction of sp³-hybridized carbons (Fsp3) is 0.333. The summed E-state index contributed by atoms with van der Waals surface area (Å²) in [6.07, 6.45) is 1.07. The highest BCUT2D eigenvalue weighted by Crippen LogP contribution is 2.15. The average Bonchev–Trinajstić information content (AvgIpc) is 2.28. The number of halogens is 1. The van der Waals surface area contributed by atoms with E-state index in [9.17, 15) is 9.59 Å². The van der Waals surface area contributed by atoms with Crippen molar-refractivity contribution in [3.63, 3.8) is 0 Å². The molecule has 4 nitrogen and oxygen atoms in total. The van der Waals surface area contributed by atoms with Crippen molar-refractivity contribution in [3.05, 3.63) is 34.9 Å². The molecule has 1 unspecified atom stereocenters. The smallest absolute Gasteiger partial charge is 0.326 e. The van der Waals surface area contributed by atoms with E-state index in [1.807, 2.05) is 6.92 Å². The molecule has 92 valence electrons. The van der Waals surface area contributed by atoms with E-state index >= 15 is 0 Å². The summed E-state index contributed by atoms with van der Waals surface area (Å²) in [5, 5.41) is 11.7. The van der Waals surface area contributed by atoms with Crippen LogP contribution in [0.5, 0.6) is 0 Å². The zero-order chi connectivity index (χ0) is 12.8. The number of carbonyl (C=O) groups excluding carboxylic acids is 1. The quantitative estimate of drug-likeness (QED) is 0.849. The standard InChI is InChI=1S/C12H14ClNO3/c1-2-5-10(12(16)17)14-11(15)8-6-3-4-7-9(8)13/h3-4,6-7,10H,2,5H2,1H3,(H,14,15)(H,16,17). The lowest BCUT2D eigenvalue weighted by Crippen LogP contribution is -2.40. The van der Waals surface area contributed by atoms with Crippen LogP contribution in [0.1, 0.15) is 30.1 Å². The summed E-state index contributed by atoms with van der Waals surface area (Å²) in [5.41, 5.74) is 0.288. The van der Waals surface area contributed by atoms with E-state index in [2.05, 4.69) is 5.32 Å². The second-order valence-corrected chi connectivity index (χ2v) is 4.04. The Kier molecular flexibility index (Phi) is 4.97. The summed E-state index contributed by atoms with van der Waals surface area (Å²) < 4.78 is 0. The summed E-state index contributed by atoms with van der Waals surface area (Å²) in [5.74, 6) is -1.50. The Hall–Kier alpha value is -1.55. The lowest BCUT2D eigenvalue weighted by Gasteiger charge is -2.13. The fourth-order valence-corrected chi connectivity index (χ4v) is 1.65. The second-order valence-electron chi connectivity index (χ2n) is 3.63. The number of amides is 1. The van der Waals surface area contributed by atoms with E-state index in [1.54, 1.807) is 24.3 Å². The minimum atomic E-state index is -1.03. The molecule has 0 heterocycles. The van der Waals surface area contributed by atoms with Gasteiger partial charge in [-0.25, -0.2) is 4.79 Å². The third-order valence-corrected chi connectivity index (χ3v) is 2.63. The van der Waals surface area contributed by atoms with Crippen LogP contribution in [0.4, 0.5) is 0 Å². The van der Waals surface area contributed by atoms with Crippen LogP contribution in [0.2, 0.25) is 5.02 Å². The summed E-state index contributed by atoms with van der Waals surface area (Å²) in [7, 11) is 0. The maximum Gasteiger partial charge on any atom is 0.326 e. The van der Waals surface area contributed by atoms with Gasteiger partial charge in [0.25, 0.3) is 5.91 Å². The Morgan fingerprint density at radius 1 is 1.41 bits per heavy atom. The molecule has 0 radical (unpaired) electrons. The zero-order valence-corrected chi connectivity index (χ0v) is 10.2. The van der Waals surface area contributed by atoms with E-state index in [1.165, 1.54) is 0 Å². The molecular formula is C12H14ClNO3. The fourth-order valence-electron chi connectivity index (χ4n) is 1.43. The van der Waals surface area contributed by atoms with E-state index in [0.29, 0.717) is 17.9 Å². The van der Waals surface area contributed by atoms with E-state index < -0.39 is 17.9 Å². The van der Waals surface area contributed by atoms with Gasteiger partial charge >= 0.3 is 5.97 Å². The number of carboxylic acids is 1. The number of carboxylic acid groups (broad SMARTS) is 1. The lowest BCUT2D eigenvalue weighted by molar-refractivity contribution is -0.139. The summed E-state index contributed by atoms with van der Waals surface area (Å²) in [6.45, 7) is 1.86. The van der Waals surface area contributed by atoms with Gasteiger partial charge in [0.1, 0.15) is 6.04 Å². The van der Waals surface area contributed by atoms with Gasteiger partial charge in [-0.05, 0) is 18.6 Å². The van der Waals surface area contributed by atoms with Crippen LogP contribution in [-0.4, -0.2) is 23.0 Å². The van der Waals surface area contributed by atoms with Gasteiger partial charge in [0.05, 0.1) is 10.6 Å². The Labute approximate surface area is 105 Å². The van der Waals surface area contributed by atoms with Crippen LogP contribution < -0.4 is 5.32 Å². The summed E-state index contributed by atoms with van der Waals surface area (Å²) >= 11 is 5.85. The third kappa shape index (κ3) is 3.75. The predicted molar refractivity (Wildman–Crippen MR) is 65.3 cm³/mol. The minimum absolute atomic E-state index is 0.288. The molecule has 0 aliphatic carbocycles. The molecule has 5 heteroatoms. The second kappa shape index (κ2) is 6.25. The normalized spacial score (nSPS) is 11.9. The van der Waals surface area contributed by atoms with Gasteiger partial charge in [-0.1, -0.05) is 37.1 Å². The van der Waals surface area contributed by atoms with Gasteiger partial charge in [-0.15, -0.1) is 0 Å². The first-order valence-electron chi connectivity index (χ1n) is 5.34. The molecule has 2 N–H and O–H groups in total. The van der Waals surface area contributed by atoms with Gasteiger partial charge in [-0.2, -0.15) is 0 Å². The molecule has 0 bridgehead atoms. The Morgan fingerprint density at radius 3 is 2.59 bits per heavy atom. The monoisotopic (exact) mass is 255 g/mol. The van der Waals surface area contributed by atoms with Crippen molar-refractivity contribution < 1.29 is 14.7 Å². The molecule has 0 saturated carbocycles. The molecule has 0 aliphatic rings. The van der Waals surface area contributed by atoms with Crippen LogP contribution in [-0.2, 0) is 4.79 Å². The van der Waals surface area contributed by atoms with Crippen molar-refractivity contribution in [1.82, 2.24) is 5.32 Å². The van der Waals surface area contributed by atoms with Crippen LogP contribution in [0.3, 0.4) is 0 Å². The summed E-state index contributed by atoms with van der Waals surface area (Å²) in [6, 6.07) is 5.66. The highest BCUT2D eigenvalue weighted by atomic mass is 35.5.